The van der Waals surface area contributed by atoms with Crippen LogP contribution in [0.4, 0.5) is 0 Å². The average Bonchev–Trinajstić information content (AvgIpc) is 2.64. The van der Waals surface area contributed by atoms with Crippen LogP contribution < -0.4 is 5.32 Å². The molecule has 162 valence electrons. The highest BCUT2D eigenvalue weighted by atomic mass is 16.2. The van der Waals surface area contributed by atoms with Gasteiger partial charge < -0.3 is 10.2 Å². The maximum atomic E-state index is 14.2. The number of piperidine rings is 1. The summed E-state index contributed by atoms with van der Waals surface area (Å²) < 4.78 is 0. The molecule has 0 spiro atoms. The molecule has 3 unspecified atom stereocenters. The van der Waals surface area contributed by atoms with Crippen LogP contribution in [0.15, 0.2) is 0 Å². The molecule has 4 bridgehead atoms. The molecule has 4 heteroatoms. The van der Waals surface area contributed by atoms with E-state index in [0.717, 1.165) is 50.0 Å². The smallest absolute Gasteiger partial charge is 0.243 e. The van der Waals surface area contributed by atoms with Gasteiger partial charge in [0.15, 0.2) is 0 Å². The molecule has 3 atom stereocenters. The van der Waals surface area contributed by atoms with Gasteiger partial charge in [-0.2, -0.15) is 0 Å². The van der Waals surface area contributed by atoms with E-state index in [9.17, 15) is 9.59 Å². The minimum absolute atomic E-state index is 0.0830. The molecule has 6 rings (SSSR count). The molecule has 1 saturated heterocycles. The number of likely N-dealkylation sites (tertiary alicyclic amines) is 1. The Morgan fingerprint density at radius 2 is 1.41 bits per heavy atom. The molecule has 1 N–H and O–H groups in total. The minimum atomic E-state index is -0.255. The highest BCUT2D eigenvalue weighted by Gasteiger charge is 2.57. The van der Waals surface area contributed by atoms with Crippen molar-refractivity contribution in [2.75, 3.05) is 6.54 Å². The summed E-state index contributed by atoms with van der Waals surface area (Å²) in [6, 6.07) is -0.255. The first-order valence-corrected chi connectivity index (χ1v) is 12.4. The lowest BCUT2D eigenvalue weighted by Crippen LogP contribution is -2.63. The van der Waals surface area contributed by atoms with Gasteiger partial charge in [-0.3, -0.25) is 9.59 Å². The maximum Gasteiger partial charge on any atom is 0.243 e. The Hall–Kier alpha value is -1.06. The van der Waals surface area contributed by atoms with Crippen LogP contribution in [0, 0.1) is 35.0 Å². The van der Waals surface area contributed by atoms with Crippen molar-refractivity contribution >= 4 is 11.8 Å². The van der Waals surface area contributed by atoms with Gasteiger partial charge in [0.05, 0.1) is 5.41 Å². The number of amides is 2. The van der Waals surface area contributed by atoms with Crippen LogP contribution in [-0.2, 0) is 9.59 Å². The number of carbonyl (C=O) groups is 2. The van der Waals surface area contributed by atoms with Crippen molar-refractivity contribution in [1.82, 2.24) is 10.2 Å². The van der Waals surface area contributed by atoms with Gasteiger partial charge >= 0.3 is 0 Å². The third-order valence-electron chi connectivity index (χ3n) is 8.95. The van der Waals surface area contributed by atoms with Crippen molar-refractivity contribution in [3.05, 3.63) is 0 Å². The zero-order chi connectivity index (χ0) is 20.4. The Morgan fingerprint density at radius 3 is 1.97 bits per heavy atom. The number of hydrogen-bond donors (Lipinski definition) is 1. The van der Waals surface area contributed by atoms with Crippen molar-refractivity contribution in [2.45, 2.75) is 103 Å². The van der Waals surface area contributed by atoms with E-state index < -0.39 is 0 Å². The van der Waals surface area contributed by atoms with E-state index in [1.807, 2.05) is 20.8 Å². The molecule has 1 aliphatic heterocycles. The van der Waals surface area contributed by atoms with Crippen molar-refractivity contribution in [3.63, 3.8) is 0 Å². The Kier molecular flexibility index (Phi) is 4.79. The summed E-state index contributed by atoms with van der Waals surface area (Å²) in [5.74, 6) is 3.97. The Balaban J connectivity index is 1.42. The molecule has 6 aliphatic rings. The van der Waals surface area contributed by atoms with E-state index >= 15 is 0 Å². The zero-order valence-corrected chi connectivity index (χ0v) is 18.7. The molecule has 5 saturated carbocycles. The second kappa shape index (κ2) is 6.99. The predicted octanol–water partition coefficient (Wildman–Crippen LogP) is 4.52. The van der Waals surface area contributed by atoms with Crippen LogP contribution in [0.2, 0.25) is 0 Å². The predicted molar refractivity (Wildman–Crippen MR) is 114 cm³/mol. The molecule has 0 aromatic heterocycles. The average molecular weight is 401 g/mol. The van der Waals surface area contributed by atoms with Crippen molar-refractivity contribution < 1.29 is 9.59 Å². The molecule has 0 radical (unpaired) electrons. The lowest BCUT2D eigenvalue weighted by atomic mass is 9.49. The van der Waals surface area contributed by atoms with Crippen molar-refractivity contribution in [3.8, 4) is 0 Å². The van der Waals surface area contributed by atoms with Gasteiger partial charge in [-0.15, -0.1) is 0 Å². The highest BCUT2D eigenvalue weighted by molar-refractivity contribution is 5.91. The van der Waals surface area contributed by atoms with Crippen LogP contribution in [0.3, 0.4) is 0 Å². The first kappa shape index (κ1) is 19.9. The molecule has 0 aromatic rings. The van der Waals surface area contributed by atoms with Crippen LogP contribution in [-0.4, -0.2) is 34.8 Å². The third-order valence-corrected chi connectivity index (χ3v) is 8.95. The summed E-state index contributed by atoms with van der Waals surface area (Å²) in [7, 11) is 0. The van der Waals surface area contributed by atoms with Crippen LogP contribution in [0.5, 0.6) is 0 Å². The van der Waals surface area contributed by atoms with E-state index in [-0.39, 0.29) is 22.9 Å². The van der Waals surface area contributed by atoms with E-state index in [4.69, 9.17) is 0 Å². The number of nitrogens with one attached hydrogen (secondary N) is 1. The van der Waals surface area contributed by atoms with E-state index in [1.54, 1.807) is 0 Å². The first-order valence-electron chi connectivity index (χ1n) is 12.4. The topological polar surface area (TPSA) is 49.4 Å². The molecule has 2 amide bonds. The minimum Gasteiger partial charge on any atom is -0.350 e. The third kappa shape index (κ3) is 3.63. The van der Waals surface area contributed by atoms with Gasteiger partial charge in [0.25, 0.3) is 0 Å². The SMILES string of the molecule is CC(C)(C)NC(=O)C1CC2CCCCC2CN1C(=O)C12CC3CC(CC(C3)C1)C2. The number of carbonyl (C=O) groups excluding carboxylic acids is 2. The molecule has 0 aromatic carbocycles. The largest absolute Gasteiger partial charge is 0.350 e. The molecule has 1 heterocycles. The fraction of sp³-hybridized carbons (Fsp3) is 0.920. The summed E-state index contributed by atoms with van der Waals surface area (Å²) >= 11 is 0. The lowest BCUT2D eigenvalue weighted by molar-refractivity contribution is -0.167. The molecular formula is C25H40N2O2. The fourth-order valence-electron chi connectivity index (χ4n) is 8.23. The van der Waals surface area contributed by atoms with Gasteiger partial charge in [-0.1, -0.05) is 19.3 Å². The van der Waals surface area contributed by atoms with E-state index in [0.29, 0.717) is 17.7 Å². The maximum absolute atomic E-state index is 14.2. The summed E-state index contributed by atoms with van der Waals surface area (Å²) in [6.07, 6.45) is 13.3. The number of rotatable bonds is 2. The Labute approximate surface area is 176 Å². The van der Waals surface area contributed by atoms with Gasteiger partial charge in [-0.25, -0.2) is 0 Å². The lowest BCUT2D eigenvalue weighted by Gasteiger charge is -2.58. The molecule has 5 aliphatic carbocycles. The first-order chi connectivity index (χ1) is 13.7. The van der Waals surface area contributed by atoms with Gasteiger partial charge in [0.1, 0.15) is 6.04 Å². The summed E-state index contributed by atoms with van der Waals surface area (Å²) in [5, 5.41) is 3.21. The summed E-state index contributed by atoms with van der Waals surface area (Å²) in [4.78, 5) is 29.6. The number of hydrogen-bond acceptors (Lipinski definition) is 2. The fourth-order valence-corrected chi connectivity index (χ4v) is 8.23. The van der Waals surface area contributed by atoms with Crippen molar-refractivity contribution in [1.29, 1.82) is 0 Å². The van der Waals surface area contributed by atoms with Gasteiger partial charge in [-0.05, 0) is 102 Å². The van der Waals surface area contributed by atoms with E-state index in [2.05, 4.69) is 10.2 Å². The quantitative estimate of drug-likeness (QED) is 0.741. The van der Waals surface area contributed by atoms with Crippen LogP contribution in [0.25, 0.3) is 0 Å². The van der Waals surface area contributed by atoms with Crippen molar-refractivity contribution in [2.24, 2.45) is 35.0 Å². The molecular weight excluding hydrogens is 360 g/mol. The van der Waals surface area contributed by atoms with Crippen LogP contribution in [0.1, 0.15) is 91.4 Å². The normalized spacial score (nSPS) is 43.8. The number of nitrogens with zero attached hydrogens (tertiary/aromatic N) is 1. The highest BCUT2D eigenvalue weighted by Crippen LogP contribution is 2.61. The second-order valence-corrected chi connectivity index (χ2v) is 12.5. The monoisotopic (exact) mass is 400 g/mol. The van der Waals surface area contributed by atoms with Crippen LogP contribution >= 0.6 is 0 Å². The molecule has 4 nitrogen and oxygen atoms in total. The standard InChI is InChI=1S/C25H40N2O2/c1-24(2,3)26-22(28)21-11-19-6-4-5-7-20(19)15-27(21)23(29)25-12-16-8-17(13-25)10-18(9-16)14-25/h16-21H,4-15H2,1-3H3,(H,26,28). The molecule has 29 heavy (non-hydrogen) atoms. The zero-order valence-electron chi connectivity index (χ0n) is 18.7. The summed E-state index contributed by atoms with van der Waals surface area (Å²) in [6.45, 7) is 6.96. The summed E-state index contributed by atoms with van der Waals surface area (Å²) in [5.41, 5.74) is -0.396. The second-order valence-electron chi connectivity index (χ2n) is 12.5. The molecule has 6 fully saturated rings. The van der Waals surface area contributed by atoms with Gasteiger partial charge in [0, 0.05) is 12.1 Å². The Bertz CT molecular complexity index is 644. The van der Waals surface area contributed by atoms with E-state index in [1.165, 1.54) is 44.9 Å². The van der Waals surface area contributed by atoms with Gasteiger partial charge in [0.2, 0.25) is 11.8 Å². The Morgan fingerprint density at radius 1 is 0.862 bits per heavy atom. The number of fused-ring (bicyclic) bond motifs is 1.